The quantitative estimate of drug-likeness (QED) is 0.884. The third-order valence-electron chi connectivity index (χ3n) is 3.06. The van der Waals surface area contributed by atoms with Crippen molar-refractivity contribution in [1.29, 1.82) is 0 Å². The van der Waals surface area contributed by atoms with E-state index in [1.807, 2.05) is 12.1 Å². The number of fused-ring (bicyclic) bond motifs is 1. The van der Waals surface area contributed by atoms with Crippen LogP contribution in [0.3, 0.4) is 0 Å². The highest BCUT2D eigenvalue weighted by Gasteiger charge is 2.17. The molecule has 0 spiro atoms. The molecule has 100 valence electrons. The number of hydrogen-bond donors (Lipinski definition) is 2. The third-order valence-corrected chi connectivity index (χ3v) is 4.39. The summed E-state index contributed by atoms with van der Waals surface area (Å²) in [4.78, 5) is 0.161. The van der Waals surface area contributed by atoms with Gasteiger partial charge in [-0.3, -0.25) is 9.40 Å². The van der Waals surface area contributed by atoms with E-state index < -0.39 is 10.0 Å². The predicted octanol–water partition coefficient (Wildman–Crippen LogP) is 1.19. The average molecular weight is 278 g/mol. The maximum absolute atomic E-state index is 12.1. The molecule has 2 aromatic rings. The van der Waals surface area contributed by atoms with Gasteiger partial charge in [0.1, 0.15) is 4.90 Å². The van der Waals surface area contributed by atoms with Crippen LogP contribution in [0.25, 0.3) is 0 Å². The molecule has 1 aliphatic heterocycles. The lowest BCUT2D eigenvalue weighted by Gasteiger charge is -2.08. The number of sulfonamides is 1. The zero-order valence-electron chi connectivity index (χ0n) is 10.4. The van der Waals surface area contributed by atoms with E-state index in [4.69, 9.17) is 0 Å². The van der Waals surface area contributed by atoms with E-state index in [0.717, 1.165) is 24.2 Å². The monoisotopic (exact) mass is 278 g/mol. The summed E-state index contributed by atoms with van der Waals surface area (Å²) in [6.45, 7) is 0.897. The largest absolute Gasteiger partial charge is 0.384 e. The lowest BCUT2D eigenvalue weighted by Crippen LogP contribution is -2.12. The molecule has 1 aromatic carbocycles. The van der Waals surface area contributed by atoms with Crippen LogP contribution in [0.4, 0.5) is 11.4 Å². The summed E-state index contributed by atoms with van der Waals surface area (Å²) < 4.78 is 28.3. The van der Waals surface area contributed by atoms with Crippen molar-refractivity contribution in [3.8, 4) is 0 Å². The second kappa shape index (κ2) is 4.27. The Balaban J connectivity index is 1.89. The number of nitrogens with one attached hydrogen (secondary N) is 2. The number of rotatable bonds is 3. The Morgan fingerprint density at radius 1 is 1.42 bits per heavy atom. The van der Waals surface area contributed by atoms with Crippen LogP contribution in [-0.4, -0.2) is 24.7 Å². The van der Waals surface area contributed by atoms with E-state index >= 15 is 0 Å². The van der Waals surface area contributed by atoms with Gasteiger partial charge in [0.05, 0.1) is 6.20 Å². The van der Waals surface area contributed by atoms with Gasteiger partial charge in [-0.1, -0.05) is 0 Å². The van der Waals surface area contributed by atoms with Crippen molar-refractivity contribution >= 4 is 21.4 Å². The fourth-order valence-corrected chi connectivity index (χ4v) is 3.15. The molecule has 1 aromatic heterocycles. The Labute approximate surface area is 111 Å². The summed E-state index contributed by atoms with van der Waals surface area (Å²) in [6.07, 6.45) is 3.71. The van der Waals surface area contributed by atoms with Crippen LogP contribution >= 0.6 is 0 Å². The van der Waals surface area contributed by atoms with Gasteiger partial charge in [0.15, 0.2) is 0 Å². The van der Waals surface area contributed by atoms with Gasteiger partial charge in [0.25, 0.3) is 10.0 Å². The number of nitrogens with zero attached hydrogens (tertiary/aromatic N) is 2. The summed E-state index contributed by atoms with van der Waals surface area (Å²) >= 11 is 0. The highest BCUT2D eigenvalue weighted by molar-refractivity contribution is 7.92. The molecule has 1 aliphatic rings. The van der Waals surface area contributed by atoms with Crippen molar-refractivity contribution in [2.45, 2.75) is 11.3 Å². The Bertz CT molecular complexity index is 721. The Kier molecular flexibility index (Phi) is 2.70. The fraction of sp³-hybridized carbons (Fsp3) is 0.250. The summed E-state index contributed by atoms with van der Waals surface area (Å²) in [6, 6.07) is 5.51. The second-order valence-corrected chi connectivity index (χ2v) is 6.19. The summed E-state index contributed by atoms with van der Waals surface area (Å²) in [5.41, 5.74) is 2.78. The number of aryl methyl sites for hydroxylation is 1. The van der Waals surface area contributed by atoms with Crippen LogP contribution in [0.2, 0.25) is 0 Å². The minimum Gasteiger partial charge on any atom is -0.384 e. The molecule has 0 bridgehead atoms. The van der Waals surface area contributed by atoms with Gasteiger partial charge in [-0.2, -0.15) is 5.10 Å². The molecule has 19 heavy (non-hydrogen) atoms. The molecule has 0 saturated carbocycles. The molecule has 0 radical (unpaired) electrons. The van der Waals surface area contributed by atoms with Gasteiger partial charge in [-0.05, 0) is 30.2 Å². The lowest BCUT2D eigenvalue weighted by molar-refractivity contribution is 0.601. The number of aromatic nitrogens is 2. The number of anilines is 2. The number of hydrogen-bond acceptors (Lipinski definition) is 4. The van der Waals surface area contributed by atoms with E-state index in [2.05, 4.69) is 15.1 Å². The lowest BCUT2D eigenvalue weighted by atomic mass is 10.1. The van der Waals surface area contributed by atoms with Gasteiger partial charge in [-0.15, -0.1) is 0 Å². The normalized spacial score (nSPS) is 13.9. The van der Waals surface area contributed by atoms with E-state index in [1.165, 1.54) is 17.1 Å². The molecule has 0 saturated heterocycles. The minimum absolute atomic E-state index is 0.161. The van der Waals surface area contributed by atoms with E-state index in [0.29, 0.717) is 5.69 Å². The van der Waals surface area contributed by atoms with E-state index in [-0.39, 0.29) is 4.90 Å². The predicted molar refractivity (Wildman–Crippen MR) is 72.7 cm³/mol. The molecule has 2 heterocycles. The molecule has 0 fully saturated rings. The standard InChI is InChI=1S/C12H14N4O2S/c1-16-8-11(7-14-16)19(17,18)15-10-2-3-12-9(6-10)4-5-13-12/h2-3,6-8,13,15H,4-5H2,1H3. The van der Waals surface area contributed by atoms with Crippen LogP contribution in [0.15, 0.2) is 35.5 Å². The second-order valence-electron chi connectivity index (χ2n) is 4.50. The van der Waals surface area contributed by atoms with Gasteiger partial charge in [-0.25, -0.2) is 8.42 Å². The number of benzene rings is 1. The van der Waals surface area contributed by atoms with Crippen molar-refractivity contribution in [2.24, 2.45) is 7.05 Å². The molecule has 0 amide bonds. The Morgan fingerprint density at radius 2 is 2.26 bits per heavy atom. The molecular formula is C12H14N4O2S. The van der Waals surface area contributed by atoms with Crippen LogP contribution < -0.4 is 10.0 Å². The van der Waals surface area contributed by atoms with Crippen LogP contribution in [-0.2, 0) is 23.5 Å². The van der Waals surface area contributed by atoms with Crippen molar-refractivity contribution in [2.75, 3.05) is 16.6 Å². The van der Waals surface area contributed by atoms with E-state index in [9.17, 15) is 8.42 Å². The highest BCUT2D eigenvalue weighted by Crippen LogP contribution is 2.26. The van der Waals surface area contributed by atoms with Crippen molar-refractivity contribution in [1.82, 2.24) is 9.78 Å². The molecule has 7 heteroatoms. The minimum atomic E-state index is -3.56. The maximum Gasteiger partial charge on any atom is 0.265 e. The van der Waals surface area contributed by atoms with E-state index in [1.54, 1.807) is 13.1 Å². The first-order chi connectivity index (χ1) is 9.04. The van der Waals surface area contributed by atoms with Gasteiger partial charge in [0, 0.05) is 31.2 Å². The molecule has 0 atom stereocenters. The third kappa shape index (κ3) is 2.28. The average Bonchev–Trinajstić information content (AvgIpc) is 2.96. The van der Waals surface area contributed by atoms with Gasteiger partial charge in [0.2, 0.25) is 0 Å². The summed E-state index contributed by atoms with van der Waals surface area (Å²) in [5.74, 6) is 0. The van der Waals surface area contributed by atoms with Gasteiger partial charge >= 0.3 is 0 Å². The summed E-state index contributed by atoms with van der Waals surface area (Å²) in [7, 11) is -1.88. The SMILES string of the molecule is Cn1cc(S(=O)(=O)Nc2ccc3c(c2)CCN3)cn1. The first-order valence-corrected chi connectivity index (χ1v) is 7.41. The van der Waals surface area contributed by atoms with Crippen LogP contribution in [0.1, 0.15) is 5.56 Å². The maximum atomic E-state index is 12.1. The summed E-state index contributed by atoms with van der Waals surface area (Å²) in [5, 5.41) is 7.10. The molecule has 0 aliphatic carbocycles. The zero-order chi connectivity index (χ0) is 13.5. The smallest absolute Gasteiger partial charge is 0.265 e. The molecule has 2 N–H and O–H groups in total. The molecule has 3 rings (SSSR count). The molecular weight excluding hydrogens is 264 g/mol. The Morgan fingerprint density at radius 3 is 3.00 bits per heavy atom. The van der Waals surface area contributed by atoms with Crippen molar-refractivity contribution < 1.29 is 8.42 Å². The first kappa shape index (κ1) is 12.0. The van der Waals surface area contributed by atoms with Crippen molar-refractivity contribution in [3.63, 3.8) is 0 Å². The van der Waals surface area contributed by atoms with Crippen LogP contribution in [0, 0.1) is 0 Å². The van der Waals surface area contributed by atoms with Crippen molar-refractivity contribution in [3.05, 3.63) is 36.2 Å². The van der Waals surface area contributed by atoms with Crippen LogP contribution in [0.5, 0.6) is 0 Å². The van der Waals surface area contributed by atoms with Gasteiger partial charge < -0.3 is 5.32 Å². The Hall–Kier alpha value is -2.02. The fourth-order valence-electron chi connectivity index (χ4n) is 2.12. The first-order valence-electron chi connectivity index (χ1n) is 5.93. The topological polar surface area (TPSA) is 76.0 Å². The zero-order valence-corrected chi connectivity index (χ0v) is 11.2. The molecule has 6 nitrogen and oxygen atoms in total. The highest BCUT2D eigenvalue weighted by atomic mass is 32.2. The molecule has 0 unspecified atom stereocenters.